The number of rotatable bonds is 5. The number of nitrogens with one attached hydrogen (secondary N) is 2. The van der Waals surface area contributed by atoms with E-state index in [9.17, 15) is 9.18 Å². The van der Waals surface area contributed by atoms with E-state index < -0.39 is 0 Å². The lowest BCUT2D eigenvalue weighted by Crippen LogP contribution is -2.25. The molecule has 0 aliphatic carbocycles. The summed E-state index contributed by atoms with van der Waals surface area (Å²) in [7, 11) is 0. The summed E-state index contributed by atoms with van der Waals surface area (Å²) in [4.78, 5) is 15.0. The Morgan fingerprint density at radius 3 is 2.38 bits per heavy atom. The van der Waals surface area contributed by atoms with Crippen molar-refractivity contribution < 1.29 is 9.18 Å². The Morgan fingerprint density at radius 1 is 0.853 bits per heavy atom. The first-order chi connectivity index (χ1) is 16.7. The predicted molar refractivity (Wildman–Crippen MR) is 130 cm³/mol. The Labute approximate surface area is 197 Å². The van der Waals surface area contributed by atoms with Crippen LogP contribution in [0.15, 0.2) is 66.7 Å². The van der Waals surface area contributed by atoms with E-state index in [1.54, 1.807) is 18.2 Å². The van der Waals surface area contributed by atoms with Crippen molar-refractivity contribution in [3.8, 4) is 22.5 Å². The van der Waals surface area contributed by atoms with Gasteiger partial charge in [0.1, 0.15) is 11.5 Å². The molecule has 1 saturated heterocycles. The molecule has 0 unspecified atom stereocenters. The Hall–Kier alpha value is -4.07. The Kier molecular flexibility index (Phi) is 6.29. The third-order valence-electron chi connectivity index (χ3n) is 5.96. The second-order valence-electron chi connectivity index (χ2n) is 8.39. The van der Waals surface area contributed by atoms with Gasteiger partial charge in [-0.15, -0.1) is 10.2 Å². The highest BCUT2D eigenvalue weighted by Crippen LogP contribution is 2.24. The number of carbonyl (C=O) groups excluding carboxylic acids is 1. The topological polar surface area (TPSA) is 86.8 Å². The van der Waals surface area contributed by atoms with E-state index in [-0.39, 0.29) is 11.7 Å². The quantitative estimate of drug-likeness (QED) is 0.425. The van der Waals surface area contributed by atoms with E-state index in [0.29, 0.717) is 17.1 Å². The van der Waals surface area contributed by atoms with Crippen LogP contribution in [0, 0.1) is 5.82 Å². The van der Waals surface area contributed by atoms with E-state index in [2.05, 4.69) is 30.6 Å². The molecule has 8 heteroatoms. The molecule has 1 amide bonds. The summed E-state index contributed by atoms with van der Waals surface area (Å²) >= 11 is 0. The highest BCUT2D eigenvalue weighted by molar-refractivity contribution is 6.03. The maximum absolute atomic E-state index is 13.2. The van der Waals surface area contributed by atoms with Gasteiger partial charge in [-0.05, 0) is 67.4 Å². The molecule has 0 spiro atoms. The number of hydrogen-bond acceptors (Lipinski definition) is 5. The van der Waals surface area contributed by atoms with E-state index in [1.807, 2.05) is 36.4 Å². The van der Waals surface area contributed by atoms with E-state index in [0.717, 1.165) is 35.7 Å². The molecule has 172 valence electrons. The zero-order valence-corrected chi connectivity index (χ0v) is 18.7. The second-order valence-corrected chi connectivity index (χ2v) is 8.39. The van der Waals surface area contributed by atoms with Gasteiger partial charge in [-0.1, -0.05) is 25.0 Å². The summed E-state index contributed by atoms with van der Waals surface area (Å²) in [6.45, 7) is 2.04. The first-order valence-electron chi connectivity index (χ1n) is 11.5. The summed E-state index contributed by atoms with van der Waals surface area (Å²) in [6.07, 6.45) is 4.92. The summed E-state index contributed by atoms with van der Waals surface area (Å²) < 4.78 is 13.2. The van der Waals surface area contributed by atoms with Crippen LogP contribution in [0.1, 0.15) is 36.2 Å². The fourth-order valence-corrected chi connectivity index (χ4v) is 4.11. The van der Waals surface area contributed by atoms with Crippen molar-refractivity contribution in [1.82, 2.24) is 20.4 Å². The fraction of sp³-hybridized carbons (Fsp3) is 0.231. The van der Waals surface area contributed by atoms with Crippen LogP contribution in [-0.2, 0) is 0 Å². The summed E-state index contributed by atoms with van der Waals surface area (Å²) in [6, 6.07) is 19.1. The minimum atomic E-state index is -0.321. The Bertz CT molecular complexity index is 1260. The maximum atomic E-state index is 13.2. The van der Waals surface area contributed by atoms with Crippen molar-refractivity contribution in [3.63, 3.8) is 0 Å². The van der Waals surface area contributed by atoms with Crippen LogP contribution >= 0.6 is 0 Å². The lowest BCUT2D eigenvalue weighted by atomic mass is 10.1. The average molecular weight is 457 g/mol. The molecular weight excluding hydrogens is 431 g/mol. The lowest BCUT2D eigenvalue weighted by molar-refractivity contribution is 0.102. The fourth-order valence-electron chi connectivity index (χ4n) is 4.11. The molecule has 0 saturated carbocycles. The van der Waals surface area contributed by atoms with Crippen molar-refractivity contribution in [2.24, 2.45) is 0 Å². The van der Waals surface area contributed by atoms with Crippen LogP contribution in [0.3, 0.4) is 0 Å². The molecular formula is C26H25FN6O. The van der Waals surface area contributed by atoms with Crippen molar-refractivity contribution in [1.29, 1.82) is 0 Å². The number of nitrogens with zero attached hydrogens (tertiary/aromatic N) is 4. The zero-order chi connectivity index (χ0) is 23.3. The lowest BCUT2D eigenvalue weighted by Gasteiger charge is -2.20. The molecule has 7 nitrogen and oxygen atoms in total. The maximum Gasteiger partial charge on any atom is 0.273 e. The number of H-pyrrole nitrogens is 1. The van der Waals surface area contributed by atoms with Crippen LogP contribution in [0.25, 0.3) is 22.5 Å². The smallest absolute Gasteiger partial charge is 0.273 e. The van der Waals surface area contributed by atoms with Crippen LogP contribution in [0.4, 0.5) is 15.9 Å². The molecule has 1 aliphatic rings. The Morgan fingerprint density at radius 2 is 1.65 bits per heavy atom. The second kappa shape index (κ2) is 9.82. The number of anilines is 2. The van der Waals surface area contributed by atoms with Gasteiger partial charge in [0.05, 0.1) is 11.4 Å². The van der Waals surface area contributed by atoms with Gasteiger partial charge in [0, 0.05) is 29.9 Å². The average Bonchev–Trinajstić information content (AvgIpc) is 3.21. The first-order valence-corrected chi connectivity index (χ1v) is 11.5. The van der Waals surface area contributed by atoms with Gasteiger partial charge in [-0.2, -0.15) is 5.10 Å². The summed E-state index contributed by atoms with van der Waals surface area (Å²) in [5.74, 6) is 0.269. The van der Waals surface area contributed by atoms with Gasteiger partial charge in [0.15, 0.2) is 5.82 Å². The number of hydrogen-bond donors (Lipinski definition) is 2. The molecule has 34 heavy (non-hydrogen) atoms. The minimum absolute atomic E-state index is 0.311. The van der Waals surface area contributed by atoms with Gasteiger partial charge in [0.2, 0.25) is 0 Å². The number of carbonyl (C=O) groups is 1. The van der Waals surface area contributed by atoms with Crippen LogP contribution in [-0.4, -0.2) is 39.4 Å². The summed E-state index contributed by atoms with van der Waals surface area (Å²) in [5, 5.41) is 18.7. The van der Waals surface area contributed by atoms with Gasteiger partial charge in [0.25, 0.3) is 5.91 Å². The monoisotopic (exact) mass is 456 g/mol. The number of benzene rings is 2. The molecule has 0 atom stereocenters. The third-order valence-corrected chi connectivity index (χ3v) is 5.96. The van der Waals surface area contributed by atoms with E-state index in [1.165, 1.54) is 37.8 Å². The number of amides is 1. The predicted octanol–water partition coefficient (Wildman–Crippen LogP) is 5.31. The SMILES string of the molecule is O=C(Nc1cccc(-c2ccc(N3CCCCCC3)nn2)c1)c1cc(-c2ccc(F)cc2)n[nH]1. The zero-order valence-electron chi connectivity index (χ0n) is 18.7. The summed E-state index contributed by atoms with van der Waals surface area (Å²) in [5.41, 5.74) is 3.85. The van der Waals surface area contributed by atoms with Crippen LogP contribution in [0.5, 0.6) is 0 Å². The third kappa shape index (κ3) is 4.96. The molecule has 2 aromatic carbocycles. The minimum Gasteiger partial charge on any atom is -0.355 e. The van der Waals surface area contributed by atoms with Crippen molar-refractivity contribution >= 4 is 17.4 Å². The number of halogens is 1. The molecule has 1 aliphatic heterocycles. The highest BCUT2D eigenvalue weighted by Gasteiger charge is 2.14. The highest BCUT2D eigenvalue weighted by atomic mass is 19.1. The van der Waals surface area contributed by atoms with Gasteiger partial charge in [-0.25, -0.2) is 4.39 Å². The van der Waals surface area contributed by atoms with Crippen LogP contribution in [0.2, 0.25) is 0 Å². The van der Waals surface area contributed by atoms with Gasteiger partial charge in [-0.3, -0.25) is 9.89 Å². The molecule has 3 heterocycles. The van der Waals surface area contributed by atoms with E-state index >= 15 is 0 Å². The van der Waals surface area contributed by atoms with E-state index in [4.69, 9.17) is 0 Å². The largest absolute Gasteiger partial charge is 0.355 e. The number of aromatic nitrogens is 4. The molecule has 5 rings (SSSR count). The number of aromatic amines is 1. The molecule has 0 bridgehead atoms. The van der Waals surface area contributed by atoms with Crippen LogP contribution < -0.4 is 10.2 Å². The van der Waals surface area contributed by atoms with Crippen molar-refractivity contribution in [3.05, 3.63) is 78.2 Å². The molecule has 0 radical (unpaired) electrons. The standard InChI is InChI=1S/C26H25FN6O/c27-20-10-8-18(9-11-20)23-17-24(31-30-23)26(34)28-21-7-5-6-19(16-21)22-12-13-25(32-29-22)33-14-3-1-2-4-15-33/h5-13,16-17H,1-4,14-15H2,(H,28,34)(H,30,31). The van der Waals surface area contributed by atoms with Crippen molar-refractivity contribution in [2.45, 2.75) is 25.7 Å². The Balaban J connectivity index is 1.28. The first kappa shape index (κ1) is 21.8. The van der Waals surface area contributed by atoms with Crippen molar-refractivity contribution in [2.75, 3.05) is 23.3 Å². The normalized spacial score (nSPS) is 14.0. The van der Waals surface area contributed by atoms with Gasteiger partial charge >= 0.3 is 0 Å². The molecule has 2 aromatic heterocycles. The molecule has 4 aromatic rings. The molecule has 1 fully saturated rings. The van der Waals surface area contributed by atoms with Gasteiger partial charge < -0.3 is 10.2 Å². The molecule has 2 N–H and O–H groups in total.